The van der Waals surface area contributed by atoms with Crippen LogP contribution >= 0.6 is 0 Å². The Labute approximate surface area is 188 Å². The number of rotatable bonds is 6. The van der Waals surface area contributed by atoms with Gasteiger partial charge in [0.1, 0.15) is 5.69 Å². The highest BCUT2D eigenvalue weighted by Crippen LogP contribution is 2.27. The zero-order valence-electron chi connectivity index (χ0n) is 17.3. The van der Waals surface area contributed by atoms with E-state index in [0.29, 0.717) is 5.56 Å². The van der Waals surface area contributed by atoms with E-state index in [1.54, 1.807) is 0 Å². The molecule has 2 aromatic heterocycles. The summed E-state index contributed by atoms with van der Waals surface area (Å²) in [5.41, 5.74) is 0.997. The molecule has 0 fully saturated rings. The van der Waals surface area contributed by atoms with Crippen LogP contribution in [0.4, 0.5) is 13.2 Å². The monoisotopic (exact) mass is 475 g/mol. The molecular formula is C23H20F3N3O3S. The molecular weight excluding hydrogens is 455 g/mol. The summed E-state index contributed by atoms with van der Waals surface area (Å²) < 4.78 is 64.2. The molecule has 0 bridgehead atoms. The fourth-order valence-corrected chi connectivity index (χ4v) is 4.89. The summed E-state index contributed by atoms with van der Waals surface area (Å²) in [7, 11) is -3.44. The van der Waals surface area contributed by atoms with Crippen molar-refractivity contribution in [3.8, 4) is 5.69 Å². The second-order valence-corrected chi connectivity index (χ2v) is 9.66. The van der Waals surface area contributed by atoms with Gasteiger partial charge in [-0.25, -0.2) is 8.42 Å². The average molecular weight is 475 g/mol. The van der Waals surface area contributed by atoms with Gasteiger partial charge in [0.15, 0.2) is 9.84 Å². The van der Waals surface area contributed by atoms with Gasteiger partial charge in [-0.15, -0.1) is 0 Å². The van der Waals surface area contributed by atoms with Gasteiger partial charge < -0.3 is 9.47 Å². The third kappa shape index (κ3) is 5.51. The maximum absolute atomic E-state index is 13.1. The van der Waals surface area contributed by atoms with Gasteiger partial charge in [-0.1, -0.05) is 18.2 Å². The van der Waals surface area contributed by atoms with Crippen molar-refractivity contribution in [1.29, 1.82) is 0 Å². The minimum absolute atomic E-state index is 0.0183. The van der Waals surface area contributed by atoms with Crippen molar-refractivity contribution in [3.63, 3.8) is 0 Å². The normalized spacial score (nSPS) is 17.2. The van der Waals surface area contributed by atoms with E-state index in [4.69, 9.17) is 0 Å². The van der Waals surface area contributed by atoms with Gasteiger partial charge in [-0.05, 0) is 47.5 Å². The first-order chi connectivity index (χ1) is 15.6. The van der Waals surface area contributed by atoms with E-state index in [0.717, 1.165) is 28.9 Å². The average Bonchev–Trinajstić information content (AvgIpc) is 3.42. The second-order valence-electron chi connectivity index (χ2n) is 7.73. The number of aromatic nitrogens is 2. The van der Waals surface area contributed by atoms with Crippen molar-refractivity contribution in [2.75, 3.05) is 5.75 Å². The second kappa shape index (κ2) is 8.86. The summed E-state index contributed by atoms with van der Waals surface area (Å²) in [6, 6.07) is 12.5. The highest BCUT2D eigenvalue weighted by molar-refractivity contribution is 7.94. The highest BCUT2D eigenvalue weighted by atomic mass is 32.2. The number of carbonyl (C=O) groups is 1. The summed E-state index contributed by atoms with van der Waals surface area (Å²) in [5, 5.41) is 1.06. The lowest BCUT2D eigenvalue weighted by Crippen LogP contribution is -2.41. The van der Waals surface area contributed by atoms with Gasteiger partial charge in [-0.3, -0.25) is 9.78 Å². The third-order valence-corrected chi connectivity index (χ3v) is 6.67. The number of carbonyl (C=O) groups excluding carboxylic acids is 1. The molecule has 1 aliphatic rings. The van der Waals surface area contributed by atoms with Crippen LogP contribution in [0.3, 0.4) is 0 Å². The van der Waals surface area contributed by atoms with Crippen LogP contribution in [0.1, 0.15) is 16.8 Å². The van der Waals surface area contributed by atoms with Crippen LogP contribution in [0.15, 0.2) is 78.6 Å². The van der Waals surface area contributed by atoms with Crippen LogP contribution in [-0.4, -0.2) is 40.6 Å². The Hall–Kier alpha value is -3.40. The van der Waals surface area contributed by atoms with Crippen molar-refractivity contribution in [1.82, 2.24) is 14.5 Å². The van der Waals surface area contributed by atoms with Gasteiger partial charge in [0, 0.05) is 36.2 Å². The molecule has 3 heterocycles. The van der Waals surface area contributed by atoms with Crippen molar-refractivity contribution in [2.45, 2.75) is 25.2 Å². The Bertz CT molecular complexity index is 1250. The molecule has 6 nitrogen and oxygen atoms in total. The molecule has 3 aromatic rings. The van der Waals surface area contributed by atoms with Crippen molar-refractivity contribution >= 4 is 15.7 Å². The van der Waals surface area contributed by atoms with Gasteiger partial charge in [-0.2, -0.15) is 13.2 Å². The Balaban J connectivity index is 1.53. The molecule has 1 aromatic carbocycles. The van der Waals surface area contributed by atoms with Crippen LogP contribution in [0.25, 0.3) is 5.69 Å². The van der Waals surface area contributed by atoms with Crippen LogP contribution in [0.2, 0.25) is 0 Å². The molecule has 1 aliphatic heterocycles. The zero-order chi connectivity index (χ0) is 23.6. The summed E-state index contributed by atoms with van der Waals surface area (Å²) >= 11 is 0. The minimum atomic E-state index is -4.57. The Kier molecular flexibility index (Phi) is 6.11. The largest absolute Gasteiger partial charge is 0.433 e. The minimum Gasteiger partial charge on any atom is -0.331 e. The molecule has 10 heteroatoms. The molecule has 0 radical (unpaired) electrons. The fourth-order valence-electron chi connectivity index (χ4n) is 3.59. The molecule has 172 valence electrons. The van der Waals surface area contributed by atoms with Gasteiger partial charge in [0.2, 0.25) is 5.91 Å². The molecule has 0 saturated heterocycles. The van der Waals surface area contributed by atoms with Gasteiger partial charge in [0.25, 0.3) is 0 Å². The number of hydrogen-bond acceptors (Lipinski definition) is 4. The molecule has 4 rings (SSSR count). The molecule has 33 heavy (non-hydrogen) atoms. The molecule has 0 saturated carbocycles. The zero-order valence-corrected chi connectivity index (χ0v) is 18.1. The topological polar surface area (TPSA) is 72.3 Å². The van der Waals surface area contributed by atoms with E-state index in [1.165, 1.54) is 17.0 Å². The quantitative estimate of drug-likeness (QED) is 0.544. The van der Waals surface area contributed by atoms with Crippen molar-refractivity contribution in [3.05, 3.63) is 95.4 Å². The molecule has 1 atom stereocenters. The van der Waals surface area contributed by atoms with Crippen LogP contribution in [0, 0.1) is 0 Å². The summed E-state index contributed by atoms with van der Waals surface area (Å²) in [6.07, 6.45) is 1.73. The standard InChI is InChI=1S/C23H20F3N3O3S/c24-23(25,26)21-8-5-18(14-27-21)15-29(20-9-12-33(31,32)16-20)22(30)13-17-3-6-19(7-4-17)28-10-1-2-11-28/h1-12,14,20H,13,15-16H2. The smallest absolute Gasteiger partial charge is 0.331 e. The number of hydrogen-bond donors (Lipinski definition) is 0. The number of benzene rings is 1. The number of alkyl halides is 3. The lowest BCUT2D eigenvalue weighted by atomic mass is 10.1. The van der Waals surface area contributed by atoms with E-state index in [-0.39, 0.29) is 24.6 Å². The summed E-state index contributed by atoms with van der Waals surface area (Å²) in [4.78, 5) is 17.9. The lowest BCUT2D eigenvalue weighted by Gasteiger charge is -2.28. The number of halogens is 3. The number of sulfone groups is 1. The number of pyridine rings is 1. The maximum atomic E-state index is 13.1. The molecule has 0 spiro atoms. The van der Waals surface area contributed by atoms with E-state index < -0.39 is 27.7 Å². The van der Waals surface area contributed by atoms with Crippen LogP contribution in [0.5, 0.6) is 0 Å². The van der Waals surface area contributed by atoms with Crippen molar-refractivity contribution in [2.24, 2.45) is 0 Å². The summed E-state index contributed by atoms with van der Waals surface area (Å²) in [6.45, 7) is -0.0596. The number of amides is 1. The maximum Gasteiger partial charge on any atom is 0.433 e. The predicted octanol–water partition coefficient (Wildman–Crippen LogP) is 3.77. The van der Waals surface area contributed by atoms with E-state index >= 15 is 0 Å². The first-order valence-electron chi connectivity index (χ1n) is 10.1. The molecule has 1 unspecified atom stereocenters. The Morgan fingerprint density at radius 1 is 1.06 bits per heavy atom. The van der Waals surface area contributed by atoms with Crippen molar-refractivity contribution < 1.29 is 26.4 Å². The van der Waals surface area contributed by atoms with Gasteiger partial charge >= 0.3 is 6.18 Å². The summed E-state index contributed by atoms with van der Waals surface area (Å²) in [5.74, 6) is -0.602. The fraction of sp³-hybridized carbons (Fsp3) is 0.217. The van der Waals surface area contributed by atoms with E-state index in [9.17, 15) is 26.4 Å². The highest BCUT2D eigenvalue weighted by Gasteiger charge is 2.33. The predicted molar refractivity (Wildman–Crippen MR) is 116 cm³/mol. The van der Waals surface area contributed by atoms with Crippen LogP contribution < -0.4 is 0 Å². The van der Waals surface area contributed by atoms with E-state index in [1.807, 2.05) is 53.4 Å². The van der Waals surface area contributed by atoms with Gasteiger partial charge in [0.05, 0.1) is 18.2 Å². The van der Waals surface area contributed by atoms with E-state index in [2.05, 4.69) is 4.98 Å². The lowest BCUT2D eigenvalue weighted by molar-refractivity contribution is -0.141. The molecule has 1 amide bonds. The number of nitrogens with zero attached hydrogens (tertiary/aromatic N) is 3. The Morgan fingerprint density at radius 2 is 1.73 bits per heavy atom. The SMILES string of the molecule is O=C(Cc1ccc(-n2cccc2)cc1)N(Cc1ccc(C(F)(F)F)nc1)C1C=CS(=O)(=O)C1. The van der Waals surface area contributed by atoms with Crippen LogP contribution in [-0.2, 0) is 33.8 Å². The third-order valence-electron chi connectivity index (χ3n) is 5.29. The first-order valence-corrected chi connectivity index (χ1v) is 11.8. The Morgan fingerprint density at radius 3 is 2.27 bits per heavy atom. The first kappa shape index (κ1) is 22.8. The molecule has 0 aliphatic carbocycles. The molecule has 0 N–H and O–H groups in total.